The van der Waals surface area contributed by atoms with Crippen molar-refractivity contribution in [2.45, 2.75) is 39.8 Å². The summed E-state index contributed by atoms with van der Waals surface area (Å²) in [4.78, 5) is 13.6. The first-order chi connectivity index (χ1) is 13.0. The third-order valence-corrected chi connectivity index (χ3v) is 5.20. The molecule has 0 amide bonds. The zero-order valence-electron chi connectivity index (χ0n) is 15.7. The number of pyridine rings is 3. The van der Waals surface area contributed by atoms with Crippen LogP contribution in [0.15, 0.2) is 47.9 Å². The molecule has 0 saturated carbocycles. The molecule has 4 heterocycles. The van der Waals surface area contributed by atoms with E-state index in [4.69, 9.17) is 16.6 Å². The summed E-state index contributed by atoms with van der Waals surface area (Å²) in [5, 5.41) is 7.76. The smallest absolute Gasteiger partial charge is 0.124 e. The van der Waals surface area contributed by atoms with Crippen LogP contribution in [0, 0.1) is 13.8 Å². The number of hydrogen-bond donors (Lipinski definition) is 2. The van der Waals surface area contributed by atoms with Gasteiger partial charge in [0.1, 0.15) is 11.7 Å². The molecule has 0 aliphatic carbocycles. The molecule has 1 aliphatic heterocycles. The van der Waals surface area contributed by atoms with Crippen molar-refractivity contribution in [3.8, 4) is 0 Å². The van der Waals surface area contributed by atoms with Gasteiger partial charge in [-0.3, -0.25) is 9.97 Å². The fourth-order valence-electron chi connectivity index (χ4n) is 3.46. The van der Waals surface area contributed by atoms with E-state index in [0.29, 0.717) is 5.02 Å². The summed E-state index contributed by atoms with van der Waals surface area (Å²) in [6.45, 7) is 6.07. The zero-order chi connectivity index (χ0) is 19.0. The molecule has 0 aromatic carbocycles. The van der Waals surface area contributed by atoms with E-state index in [1.165, 1.54) is 17.0 Å². The minimum Gasteiger partial charge on any atom is -0.364 e. The van der Waals surface area contributed by atoms with Crippen LogP contribution in [-0.2, 0) is 6.42 Å². The summed E-state index contributed by atoms with van der Waals surface area (Å²) in [5.41, 5.74) is 8.10. The number of allylic oxidation sites excluding steroid dienone is 2. The number of hydrogen-bond acceptors (Lipinski definition) is 5. The topological polar surface area (TPSA) is 62.7 Å². The van der Waals surface area contributed by atoms with Crippen LogP contribution in [0.5, 0.6) is 0 Å². The number of halogens is 1. The molecule has 5 nitrogen and oxygen atoms in total. The Balaban J connectivity index is 1.48. The Kier molecular flexibility index (Phi) is 4.70. The van der Waals surface area contributed by atoms with Gasteiger partial charge in [-0.2, -0.15) is 0 Å². The lowest BCUT2D eigenvalue weighted by Crippen LogP contribution is -2.24. The van der Waals surface area contributed by atoms with Gasteiger partial charge >= 0.3 is 0 Å². The summed E-state index contributed by atoms with van der Waals surface area (Å²) >= 11 is 6.35. The van der Waals surface area contributed by atoms with Crippen LogP contribution in [0.2, 0.25) is 5.02 Å². The van der Waals surface area contributed by atoms with Gasteiger partial charge in [0.25, 0.3) is 0 Å². The van der Waals surface area contributed by atoms with E-state index in [9.17, 15) is 0 Å². The third-order valence-electron chi connectivity index (χ3n) is 4.91. The number of nitrogens with one attached hydrogen (secondary N) is 2. The van der Waals surface area contributed by atoms with Crippen LogP contribution in [-0.4, -0.2) is 15.0 Å². The number of nitrogens with zero attached hydrogens (tertiary/aromatic N) is 3. The van der Waals surface area contributed by atoms with Crippen molar-refractivity contribution >= 4 is 22.6 Å². The molecule has 2 N–H and O–H groups in total. The molecule has 138 valence electrons. The van der Waals surface area contributed by atoms with Gasteiger partial charge in [-0.25, -0.2) is 4.98 Å². The summed E-state index contributed by atoms with van der Waals surface area (Å²) in [7, 11) is 0. The molecule has 6 heteroatoms. The number of aryl methyl sites for hydroxylation is 3. The van der Waals surface area contributed by atoms with Gasteiger partial charge in [-0.1, -0.05) is 17.7 Å². The summed E-state index contributed by atoms with van der Waals surface area (Å²) in [6, 6.07) is 9.96. The van der Waals surface area contributed by atoms with Crippen molar-refractivity contribution in [2.24, 2.45) is 0 Å². The summed E-state index contributed by atoms with van der Waals surface area (Å²) < 4.78 is 0. The molecule has 0 saturated heterocycles. The normalized spacial score (nSPS) is 16.5. The monoisotopic (exact) mass is 379 g/mol. The van der Waals surface area contributed by atoms with Gasteiger partial charge in [0.05, 0.1) is 10.5 Å². The summed E-state index contributed by atoms with van der Waals surface area (Å²) in [6.07, 6.45) is 3.60. The molecule has 27 heavy (non-hydrogen) atoms. The van der Waals surface area contributed by atoms with Crippen molar-refractivity contribution in [1.82, 2.24) is 25.6 Å². The van der Waals surface area contributed by atoms with E-state index in [0.717, 1.165) is 41.0 Å². The maximum Gasteiger partial charge on any atom is 0.124 e. The predicted molar refractivity (Wildman–Crippen MR) is 108 cm³/mol. The van der Waals surface area contributed by atoms with Crippen LogP contribution in [0.3, 0.4) is 0 Å². The van der Waals surface area contributed by atoms with Crippen LogP contribution >= 0.6 is 11.6 Å². The van der Waals surface area contributed by atoms with E-state index in [2.05, 4.69) is 33.6 Å². The van der Waals surface area contributed by atoms with Crippen LogP contribution < -0.4 is 10.6 Å². The number of fused-ring (bicyclic) bond motifs is 1. The average molecular weight is 380 g/mol. The van der Waals surface area contributed by atoms with Crippen molar-refractivity contribution in [1.29, 1.82) is 0 Å². The Bertz CT molecular complexity index is 1040. The maximum atomic E-state index is 6.35. The van der Waals surface area contributed by atoms with E-state index < -0.39 is 0 Å². The quantitative estimate of drug-likeness (QED) is 0.705. The molecule has 1 atom stereocenters. The Labute approximate surface area is 163 Å². The second-order valence-electron chi connectivity index (χ2n) is 6.92. The van der Waals surface area contributed by atoms with Gasteiger partial charge in [0, 0.05) is 40.2 Å². The largest absolute Gasteiger partial charge is 0.364 e. The lowest BCUT2D eigenvalue weighted by Gasteiger charge is -2.16. The van der Waals surface area contributed by atoms with Gasteiger partial charge in [0.2, 0.25) is 0 Å². The standard InChI is InChI=1S/C21H22ClN5/c1-12-11-17(22)20-19(24-12)9-7-15(26-20)6-8-18-14(3)25-21(27-18)16-5-4-10-23-13(16)2/h4-5,7,9-11,21,25,27H,6,8H2,1-3H3. The number of rotatable bonds is 4. The third kappa shape index (κ3) is 3.60. The number of aromatic nitrogens is 3. The molecular weight excluding hydrogens is 358 g/mol. The first-order valence-corrected chi connectivity index (χ1v) is 9.46. The van der Waals surface area contributed by atoms with Crippen LogP contribution in [0.4, 0.5) is 0 Å². The molecular formula is C21H22ClN5. The van der Waals surface area contributed by atoms with Gasteiger partial charge in [0.15, 0.2) is 0 Å². The van der Waals surface area contributed by atoms with Crippen LogP contribution in [0.25, 0.3) is 11.0 Å². The van der Waals surface area contributed by atoms with Crippen molar-refractivity contribution < 1.29 is 0 Å². The fourth-order valence-corrected chi connectivity index (χ4v) is 3.76. The molecule has 3 aromatic rings. The van der Waals surface area contributed by atoms with Gasteiger partial charge in [-0.15, -0.1) is 0 Å². The Morgan fingerprint density at radius 1 is 1.04 bits per heavy atom. The highest BCUT2D eigenvalue weighted by Gasteiger charge is 2.22. The average Bonchev–Trinajstić information content (AvgIpc) is 3.01. The highest BCUT2D eigenvalue weighted by Crippen LogP contribution is 2.25. The molecule has 1 unspecified atom stereocenters. The second kappa shape index (κ2) is 7.16. The van der Waals surface area contributed by atoms with E-state index in [1.807, 2.05) is 44.3 Å². The summed E-state index contributed by atoms with van der Waals surface area (Å²) in [5.74, 6) is 0. The predicted octanol–water partition coefficient (Wildman–Crippen LogP) is 4.35. The minimum absolute atomic E-state index is 0.0693. The highest BCUT2D eigenvalue weighted by molar-refractivity contribution is 6.34. The Morgan fingerprint density at radius 2 is 1.89 bits per heavy atom. The Hall–Kier alpha value is -2.66. The first-order valence-electron chi connectivity index (χ1n) is 9.08. The first kappa shape index (κ1) is 17.7. The molecule has 3 aromatic heterocycles. The van der Waals surface area contributed by atoms with Gasteiger partial charge < -0.3 is 10.6 Å². The SMILES string of the molecule is CC1=C(CCc2ccc3nc(C)cc(Cl)c3n2)NC(c2cccnc2C)N1. The molecule has 1 aliphatic rings. The molecule has 4 rings (SSSR count). The Morgan fingerprint density at radius 3 is 2.70 bits per heavy atom. The minimum atomic E-state index is 0.0693. The highest BCUT2D eigenvalue weighted by atomic mass is 35.5. The second-order valence-corrected chi connectivity index (χ2v) is 7.33. The maximum absolute atomic E-state index is 6.35. The lowest BCUT2D eigenvalue weighted by atomic mass is 10.1. The zero-order valence-corrected chi connectivity index (χ0v) is 16.4. The fraction of sp³-hybridized carbons (Fsp3) is 0.286. The molecule has 0 bridgehead atoms. The lowest BCUT2D eigenvalue weighted by molar-refractivity contribution is 0.571. The van der Waals surface area contributed by atoms with Crippen LogP contribution in [0.1, 0.15) is 42.2 Å². The molecule has 0 spiro atoms. The molecule has 0 fully saturated rings. The van der Waals surface area contributed by atoms with Crippen molar-refractivity contribution in [3.63, 3.8) is 0 Å². The molecule has 0 radical (unpaired) electrons. The van der Waals surface area contributed by atoms with E-state index in [-0.39, 0.29) is 6.17 Å². The van der Waals surface area contributed by atoms with E-state index >= 15 is 0 Å². The van der Waals surface area contributed by atoms with Crippen molar-refractivity contribution in [2.75, 3.05) is 0 Å². The van der Waals surface area contributed by atoms with Crippen molar-refractivity contribution in [3.05, 3.63) is 75.6 Å². The van der Waals surface area contributed by atoms with Gasteiger partial charge in [-0.05, 0) is 57.9 Å². The van der Waals surface area contributed by atoms with E-state index in [1.54, 1.807) is 0 Å².